The van der Waals surface area contributed by atoms with E-state index in [1.54, 1.807) is 24.3 Å². The number of nitrogens with zero attached hydrogens (tertiary/aromatic N) is 3. The van der Waals surface area contributed by atoms with Crippen LogP contribution in [0.2, 0.25) is 5.02 Å². The summed E-state index contributed by atoms with van der Waals surface area (Å²) in [5.74, 6) is 0.0873. The highest BCUT2D eigenvalue weighted by atomic mass is 35.5. The van der Waals surface area contributed by atoms with Crippen molar-refractivity contribution in [1.29, 1.82) is 5.26 Å². The first-order valence-electron chi connectivity index (χ1n) is 6.42. The van der Waals surface area contributed by atoms with E-state index in [1.165, 1.54) is 31.8 Å². The molecule has 7 nitrogen and oxygen atoms in total. The molecule has 2 aromatic rings. The number of nitrogens with one attached hydrogen (secondary N) is 2. The lowest BCUT2D eigenvalue weighted by molar-refractivity contribution is -0.112. The second-order valence-corrected chi connectivity index (χ2v) is 4.62. The standard InChI is InChI=1S/C15H12ClN5O2/c1-23-13-4-3-11(16)7-12(13)21-14(22)10(8-17)9-20-15-18-5-2-6-19-15/h2-7,9H,1H3,(H,21,22)(H,18,19,20)/b10-9-. The van der Waals surface area contributed by atoms with E-state index >= 15 is 0 Å². The minimum atomic E-state index is -0.614. The van der Waals surface area contributed by atoms with Crippen molar-refractivity contribution in [3.8, 4) is 11.8 Å². The van der Waals surface area contributed by atoms with E-state index in [4.69, 9.17) is 21.6 Å². The summed E-state index contributed by atoms with van der Waals surface area (Å²) in [5.41, 5.74) is 0.210. The summed E-state index contributed by atoms with van der Waals surface area (Å²) in [7, 11) is 1.47. The number of anilines is 2. The molecule has 23 heavy (non-hydrogen) atoms. The van der Waals surface area contributed by atoms with Crippen molar-refractivity contribution < 1.29 is 9.53 Å². The Bertz CT molecular complexity index is 771. The second kappa shape index (κ2) is 7.77. The molecule has 0 saturated heterocycles. The molecule has 0 spiro atoms. The predicted molar refractivity (Wildman–Crippen MR) is 86.0 cm³/mol. The molecule has 0 atom stereocenters. The Morgan fingerprint density at radius 2 is 2.13 bits per heavy atom. The molecule has 0 fully saturated rings. The van der Waals surface area contributed by atoms with Crippen LogP contribution in [0, 0.1) is 11.3 Å². The smallest absolute Gasteiger partial charge is 0.267 e. The van der Waals surface area contributed by atoms with Crippen molar-refractivity contribution in [2.24, 2.45) is 0 Å². The van der Waals surface area contributed by atoms with Gasteiger partial charge >= 0.3 is 0 Å². The average molecular weight is 330 g/mol. The highest BCUT2D eigenvalue weighted by Crippen LogP contribution is 2.27. The van der Waals surface area contributed by atoms with E-state index in [1.807, 2.05) is 0 Å². The number of benzene rings is 1. The molecule has 1 amide bonds. The first-order chi connectivity index (χ1) is 11.1. The summed E-state index contributed by atoms with van der Waals surface area (Å²) in [6.45, 7) is 0. The molecule has 0 radical (unpaired) electrons. The van der Waals surface area contributed by atoms with Crippen LogP contribution >= 0.6 is 11.6 Å². The van der Waals surface area contributed by atoms with Crippen LogP contribution < -0.4 is 15.4 Å². The molecule has 0 aliphatic carbocycles. The van der Waals surface area contributed by atoms with E-state index in [0.29, 0.717) is 16.5 Å². The lowest BCUT2D eigenvalue weighted by Gasteiger charge is -2.10. The van der Waals surface area contributed by atoms with Crippen molar-refractivity contribution in [1.82, 2.24) is 9.97 Å². The van der Waals surface area contributed by atoms with Crippen LogP contribution in [0.4, 0.5) is 11.6 Å². The molecule has 2 rings (SSSR count). The number of hydrogen-bond acceptors (Lipinski definition) is 6. The van der Waals surface area contributed by atoms with Crippen LogP contribution in [0.5, 0.6) is 5.75 Å². The maximum absolute atomic E-state index is 12.2. The summed E-state index contributed by atoms with van der Waals surface area (Å²) in [5, 5.41) is 14.8. The fourth-order valence-electron chi connectivity index (χ4n) is 1.63. The Hall–Kier alpha value is -3.11. The fraction of sp³-hybridized carbons (Fsp3) is 0.0667. The van der Waals surface area contributed by atoms with Gasteiger partial charge in [-0.3, -0.25) is 4.79 Å². The molecule has 1 aromatic heterocycles. The molecule has 116 valence electrons. The second-order valence-electron chi connectivity index (χ2n) is 4.19. The lowest BCUT2D eigenvalue weighted by atomic mass is 10.2. The third kappa shape index (κ3) is 4.43. The summed E-state index contributed by atoms with van der Waals surface area (Å²) in [6, 6.07) is 8.23. The fourth-order valence-corrected chi connectivity index (χ4v) is 1.80. The third-order valence-corrected chi connectivity index (χ3v) is 2.92. The Morgan fingerprint density at radius 1 is 1.39 bits per heavy atom. The number of nitriles is 1. The van der Waals surface area contributed by atoms with Crippen LogP contribution in [0.3, 0.4) is 0 Å². The van der Waals surface area contributed by atoms with Gasteiger partial charge < -0.3 is 15.4 Å². The van der Waals surface area contributed by atoms with Crippen molar-refractivity contribution >= 4 is 29.1 Å². The topological polar surface area (TPSA) is 99.9 Å². The Kier molecular flexibility index (Phi) is 5.50. The zero-order valence-electron chi connectivity index (χ0n) is 12.1. The largest absolute Gasteiger partial charge is 0.495 e. The van der Waals surface area contributed by atoms with Crippen molar-refractivity contribution in [2.45, 2.75) is 0 Å². The number of carbonyl (C=O) groups is 1. The van der Waals surface area contributed by atoms with Gasteiger partial charge in [-0.05, 0) is 24.3 Å². The first kappa shape index (κ1) is 16.3. The summed E-state index contributed by atoms with van der Waals surface area (Å²) >= 11 is 5.90. The summed E-state index contributed by atoms with van der Waals surface area (Å²) in [4.78, 5) is 20.0. The molecule has 0 bridgehead atoms. The Balaban J connectivity index is 2.15. The van der Waals surface area contributed by atoms with Crippen LogP contribution in [0.15, 0.2) is 48.4 Å². The highest BCUT2D eigenvalue weighted by Gasteiger charge is 2.13. The summed E-state index contributed by atoms with van der Waals surface area (Å²) in [6.07, 6.45) is 4.29. The number of methoxy groups -OCH3 is 1. The van der Waals surface area contributed by atoms with Gasteiger partial charge in [0.05, 0.1) is 12.8 Å². The van der Waals surface area contributed by atoms with Gasteiger partial charge in [0, 0.05) is 23.6 Å². The number of hydrogen-bond donors (Lipinski definition) is 2. The highest BCUT2D eigenvalue weighted by molar-refractivity contribution is 6.31. The lowest BCUT2D eigenvalue weighted by Crippen LogP contribution is -2.15. The van der Waals surface area contributed by atoms with Crippen LogP contribution in [0.25, 0.3) is 0 Å². The molecule has 8 heteroatoms. The van der Waals surface area contributed by atoms with E-state index in [2.05, 4.69) is 20.6 Å². The van der Waals surface area contributed by atoms with Gasteiger partial charge in [-0.1, -0.05) is 11.6 Å². The zero-order chi connectivity index (χ0) is 16.7. The van der Waals surface area contributed by atoms with Crippen molar-refractivity contribution in [2.75, 3.05) is 17.7 Å². The molecule has 0 saturated carbocycles. The number of amides is 1. The monoisotopic (exact) mass is 329 g/mol. The number of carbonyl (C=O) groups excluding carboxylic acids is 1. The molecule has 1 aromatic carbocycles. The number of aromatic nitrogens is 2. The number of ether oxygens (including phenoxy) is 1. The van der Waals surface area contributed by atoms with Crippen molar-refractivity contribution in [3.63, 3.8) is 0 Å². The summed E-state index contributed by atoms with van der Waals surface area (Å²) < 4.78 is 5.13. The Labute approximate surface area is 137 Å². The van der Waals surface area contributed by atoms with Gasteiger partial charge in [0.2, 0.25) is 5.95 Å². The van der Waals surface area contributed by atoms with Gasteiger partial charge in [0.15, 0.2) is 0 Å². The zero-order valence-corrected chi connectivity index (χ0v) is 12.8. The van der Waals surface area contributed by atoms with Gasteiger partial charge in [0.1, 0.15) is 17.4 Å². The van der Waals surface area contributed by atoms with Gasteiger partial charge in [-0.2, -0.15) is 5.26 Å². The number of halogens is 1. The minimum absolute atomic E-state index is 0.153. The van der Waals surface area contributed by atoms with Crippen LogP contribution in [0.1, 0.15) is 0 Å². The molecule has 0 unspecified atom stereocenters. The molecular weight excluding hydrogens is 318 g/mol. The van der Waals surface area contributed by atoms with Gasteiger partial charge in [0.25, 0.3) is 5.91 Å². The first-order valence-corrected chi connectivity index (χ1v) is 6.80. The molecule has 2 N–H and O–H groups in total. The SMILES string of the molecule is COc1ccc(Cl)cc1NC(=O)/C(C#N)=C\Nc1ncccn1. The van der Waals surface area contributed by atoms with E-state index < -0.39 is 5.91 Å². The van der Waals surface area contributed by atoms with Crippen LogP contribution in [-0.4, -0.2) is 23.0 Å². The molecular formula is C15H12ClN5O2. The quantitative estimate of drug-likeness (QED) is 0.646. The van der Waals surface area contributed by atoms with Gasteiger partial charge in [-0.15, -0.1) is 0 Å². The molecule has 0 aliphatic rings. The third-order valence-electron chi connectivity index (χ3n) is 2.69. The normalized spacial score (nSPS) is 10.6. The van der Waals surface area contributed by atoms with Gasteiger partial charge in [-0.25, -0.2) is 9.97 Å². The van der Waals surface area contributed by atoms with E-state index in [9.17, 15) is 4.79 Å². The average Bonchev–Trinajstić information content (AvgIpc) is 2.56. The number of rotatable bonds is 5. The maximum atomic E-state index is 12.2. The van der Waals surface area contributed by atoms with Crippen molar-refractivity contribution in [3.05, 3.63) is 53.5 Å². The molecule has 0 aliphatic heterocycles. The molecule has 1 heterocycles. The van der Waals surface area contributed by atoms with E-state index in [-0.39, 0.29) is 11.5 Å². The van der Waals surface area contributed by atoms with E-state index in [0.717, 1.165) is 0 Å². The minimum Gasteiger partial charge on any atom is -0.495 e. The van der Waals surface area contributed by atoms with Crippen LogP contribution in [-0.2, 0) is 4.79 Å². The maximum Gasteiger partial charge on any atom is 0.267 e. The predicted octanol–water partition coefficient (Wildman–Crippen LogP) is 2.60. The Morgan fingerprint density at radius 3 is 2.78 bits per heavy atom.